The highest BCUT2D eigenvalue weighted by Crippen LogP contribution is 2.25. The highest BCUT2D eigenvalue weighted by Gasteiger charge is 2.27. The number of sulfonamides is 1. The van der Waals surface area contributed by atoms with E-state index < -0.39 is 10.0 Å². The molecule has 0 spiro atoms. The number of hydrogen-bond donors (Lipinski definition) is 2. The molecule has 1 aliphatic carbocycles. The van der Waals surface area contributed by atoms with Crippen LogP contribution in [0.4, 0.5) is 5.69 Å². The van der Waals surface area contributed by atoms with Crippen molar-refractivity contribution in [2.75, 3.05) is 26.4 Å². The van der Waals surface area contributed by atoms with E-state index in [9.17, 15) is 13.2 Å². The second-order valence-electron chi connectivity index (χ2n) is 5.01. The molecule has 8 heteroatoms. The lowest BCUT2D eigenvalue weighted by molar-refractivity contribution is -0.121. The lowest BCUT2D eigenvalue weighted by Crippen LogP contribution is -2.39. The SMILES string of the molecule is COc1ccc(S(=O)(=O)N(C)CC(=O)NC2CC2)cc1N. The van der Waals surface area contributed by atoms with Gasteiger partial charge in [0.05, 0.1) is 24.2 Å². The molecule has 0 aliphatic heterocycles. The third-order valence-electron chi connectivity index (χ3n) is 3.22. The number of carbonyl (C=O) groups excluding carboxylic acids is 1. The average molecular weight is 313 g/mol. The fourth-order valence-corrected chi connectivity index (χ4v) is 3.00. The molecular formula is C13H19N3O4S. The van der Waals surface area contributed by atoms with Gasteiger partial charge in [-0.25, -0.2) is 8.42 Å². The zero-order valence-electron chi connectivity index (χ0n) is 12.0. The van der Waals surface area contributed by atoms with E-state index in [1.165, 1.54) is 32.4 Å². The molecular weight excluding hydrogens is 294 g/mol. The third kappa shape index (κ3) is 3.64. The number of likely N-dealkylation sites (N-methyl/N-ethyl adjacent to an activating group) is 1. The minimum atomic E-state index is -3.76. The fourth-order valence-electron chi connectivity index (χ4n) is 1.84. The monoisotopic (exact) mass is 313 g/mol. The highest BCUT2D eigenvalue weighted by atomic mass is 32.2. The maximum Gasteiger partial charge on any atom is 0.243 e. The van der Waals surface area contributed by atoms with Crippen LogP contribution in [0, 0.1) is 0 Å². The summed E-state index contributed by atoms with van der Waals surface area (Å²) in [5.41, 5.74) is 5.95. The summed E-state index contributed by atoms with van der Waals surface area (Å²) >= 11 is 0. The van der Waals surface area contributed by atoms with Crippen molar-refractivity contribution in [3.05, 3.63) is 18.2 Å². The molecule has 1 aromatic rings. The van der Waals surface area contributed by atoms with E-state index in [4.69, 9.17) is 10.5 Å². The molecule has 0 aromatic heterocycles. The van der Waals surface area contributed by atoms with E-state index in [2.05, 4.69) is 5.32 Å². The molecule has 1 fully saturated rings. The maximum atomic E-state index is 12.4. The second kappa shape index (κ2) is 5.90. The van der Waals surface area contributed by atoms with Crippen molar-refractivity contribution in [1.29, 1.82) is 0 Å². The standard InChI is InChI=1S/C13H19N3O4S/c1-16(8-13(17)15-9-3-4-9)21(18,19)10-5-6-12(20-2)11(14)7-10/h5-7,9H,3-4,8,14H2,1-2H3,(H,15,17). The Bertz CT molecular complexity index is 641. The lowest BCUT2D eigenvalue weighted by atomic mass is 10.3. The Kier molecular flexibility index (Phi) is 4.38. The predicted molar refractivity (Wildman–Crippen MR) is 78.4 cm³/mol. The van der Waals surface area contributed by atoms with Gasteiger partial charge >= 0.3 is 0 Å². The number of anilines is 1. The predicted octanol–water partition coefficient (Wildman–Crippen LogP) is 0.177. The molecule has 0 atom stereocenters. The number of benzene rings is 1. The van der Waals surface area contributed by atoms with Gasteiger partial charge in [0.1, 0.15) is 5.75 Å². The smallest absolute Gasteiger partial charge is 0.243 e. The summed E-state index contributed by atoms with van der Waals surface area (Å²) in [6, 6.07) is 4.41. The molecule has 1 amide bonds. The summed E-state index contributed by atoms with van der Waals surface area (Å²) in [5, 5.41) is 2.75. The molecule has 1 aliphatic rings. The van der Waals surface area contributed by atoms with Crippen LogP contribution in [0.15, 0.2) is 23.1 Å². The van der Waals surface area contributed by atoms with Gasteiger partial charge in [0.15, 0.2) is 0 Å². The van der Waals surface area contributed by atoms with Crippen molar-refractivity contribution in [3.63, 3.8) is 0 Å². The second-order valence-corrected chi connectivity index (χ2v) is 7.05. The van der Waals surface area contributed by atoms with Crippen LogP contribution in [-0.4, -0.2) is 45.4 Å². The van der Waals surface area contributed by atoms with Crippen LogP contribution in [0.25, 0.3) is 0 Å². The first-order valence-corrected chi connectivity index (χ1v) is 7.98. The molecule has 0 heterocycles. The molecule has 116 valence electrons. The maximum absolute atomic E-state index is 12.4. The molecule has 0 radical (unpaired) electrons. The summed E-state index contributed by atoms with van der Waals surface area (Å²) in [6.45, 7) is -0.217. The van der Waals surface area contributed by atoms with Crippen LogP contribution in [0.2, 0.25) is 0 Å². The largest absolute Gasteiger partial charge is 0.495 e. The van der Waals surface area contributed by atoms with Crippen LogP contribution in [0.5, 0.6) is 5.75 Å². The van der Waals surface area contributed by atoms with E-state index >= 15 is 0 Å². The number of nitrogens with zero attached hydrogens (tertiary/aromatic N) is 1. The van der Waals surface area contributed by atoms with Crippen LogP contribution < -0.4 is 15.8 Å². The molecule has 0 bridgehead atoms. The molecule has 1 saturated carbocycles. The van der Waals surface area contributed by atoms with Crippen LogP contribution in [-0.2, 0) is 14.8 Å². The van der Waals surface area contributed by atoms with Gasteiger partial charge in [-0.1, -0.05) is 0 Å². The highest BCUT2D eigenvalue weighted by molar-refractivity contribution is 7.89. The molecule has 0 unspecified atom stereocenters. The van der Waals surface area contributed by atoms with Gasteiger partial charge in [-0.3, -0.25) is 4.79 Å². The van der Waals surface area contributed by atoms with Gasteiger partial charge in [0, 0.05) is 13.1 Å². The Morgan fingerprint density at radius 2 is 2.14 bits per heavy atom. The van der Waals surface area contributed by atoms with E-state index in [0.717, 1.165) is 17.1 Å². The summed E-state index contributed by atoms with van der Waals surface area (Å²) < 4.78 is 30.7. The van der Waals surface area contributed by atoms with Gasteiger partial charge in [0.25, 0.3) is 0 Å². The summed E-state index contributed by atoms with van der Waals surface area (Å²) in [6.07, 6.45) is 1.91. The van der Waals surface area contributed by atoms with Crippen molar-refractivity contribution < 1.29 is 17.9 Å². The fraction of sp³-hybridized carbons (Fsp3) is 0.462. The number of rotatable bonds is 6. The number of methoxy groups -OCH3 is 1. The number of ether oxygens (including phenoxy) is 1. The zero-order valence-corrected chi connectivity index (χ0v) is 12.8. The number of nitrogens with one attached hydrogen (secondary N) is 1. The Morgan fingerprint density at radius 3 is 2.67 bits per heavy atom. The number of nitrogens with two attached hydrogens (primary N) is 1. The Balaban J connectivity index is 2.12. The Hall–Kier alpha value is -1.80. The minimum Gasteiger partial charge on any atom is -0.495 e. The van der Waals surface area contributed by atoms with Crippen molar-refractivity contribution in [3.8, 4) is 5.75 Å². The quantitative estimate of drug-likeness (QED) is 0.729. The Labute approximate surface area is 124 Å². The summed E-state index contributed by atoms with van der Waals surface area (Å²) in [5.74, 6) is 0.105. The molecule has 3 N–H and O–H groups in total. The molecule has 7 nitrogen and oxygen atoms in total. The van der Waals surface area contributed by atoms with E-state index in [1.807, 2.05) is 0 Å². The molecule has 0 saturated heterocycles. The van der Waals surface area contributed by atoms with Crippen LogP contribution >= 0.6 is 0 Å². The first-order chi connectivity index (χ1) is 9.84. The molecule has 1 aromatic carbocycles. The third-order valence-corrected chi connectivity index (χ3v) is 5.02. The van der Waals surface area contributed by atoms with Crippen molar-refractivity contribution in [1.82, 2.24) is 9.62 Å². The van der Waals surface area contributed by atoms with Crippen LogP contribution in [0.3, 0.4) is 0 Å². The summed E-state index contributed by atoms with van der Waals surface area (Å²) in [7, 11) is -0.944. The number of nitrogen functional groups attached to an aromatic ring is 1. The first-order valence-electron chi connectivity index (χ1n) is 6.54. The first kappa shape index (κ1) is 15.6. The van der Waals surface area contributed by atoms with Gasteiger partial charge < -0.3 is 15.8 Å². The van der Waals surface area contributed by atoms with E-state index in [1.54, 1.807) is 0 Å². The number of hydrogen-bond acceptors (Lipinski definition) is 5. The summed E-state index contributed by atoms with van der Waals surface area (Å²) in [4.78, 5) is 11.7. The molecule has 2 rings (SSSR count). The molecule has 21 heavy (non-hydrogen) atoms. The van der Waals surface area contributed by atoms with Crippen molar-refractivity contribution >= 4 is 21.6 Å². The van der Waals surface area contributed by atoms with Gasteiger partial charge in [-0.05, 0) is 31.0 Å². The minimum absolute atomic E-state index is 0.0301. The van der Waals surface area contributed by atoms with Crippen molar-refractivity contribution in [2.45, 2.75) is 23.8 Å². The lowest BCUT2D eigenvalue weighted by Gasteiger charge is -2.17. The van der Waals surface area contributed by atoms with Gasteiger partial charge in [-0.15, -0.1) is 0 Å². The van der Waals surface area contributed by atoms with E-state index in [0.29, 0.717) is 5.75 Å². The zero-order chi connectivity index (χ0) is 15.6. The van der Waals surface area contributed by atoms with Crippen LogP contribution in [0.1, 0.15) is 12.8 Å². The van der Waals surface area contributed by atoms with Crippen molar-refractivity contribution in [2.24, 2.45) is 0 Å². The normalized spacial score (nSPS) is 15.0. The van der Waals surface area contributed by atoms with Gasteiger partial charge in [0.2, 0.25) is 15.9 Å². The topological polar surface area (TPSA) is 102 Å². The van der Waals surface area contributed by atoms with Gasteiger partial charge in [-0.2, -0.15) is 4.31 Å². The van der Waals surface area contributed by atoms with E-state index in [-0.39, 0.29) is 29.1 Å². The number of amides is 1. The average Bonchev–Trinajstić information content (AvgIpc) is 3.22. The Morgan fingerprint density at radius 1 is 1.48 bits per heavy atom. The number of carbonyl (C=O) groups is 1.